The average molecular weight is 932 g/mol. The van der Waals surface area contributed by atoms with Gasteiger partial charge < -0.3 is 25.4 Å². The second kappa shape index (κ2) is 20.6. The third-order valence-electron chi connectivity index (χ3n) is 16.2. The van der Waals surface area contributed by atoms with Gasteiger partial charge in [-0.2, -0.15) is 5.10 Å². The van der Waals surface area contributed by atoms with Gasteiger partial charge >= 0.3 is 5.97 Å². The molecule has 4 atom stereocenters. The van der Waals surface area contributed by atoms with Gasteiger partial charge in [-0.25, -0.2) is 19.8 Å². The van der Waals surface area contributed by atoms with Crippen LogP contribution < -0.4 is 10.6 Å². The number of thiazole rings is 1. The summed E-state index contributed by atoms with van der Waals surface area (Å²) in [7, 11) is 2.25. The minimum Gasteiger partial charge on any atom is -0.476 e. The second-order valence-corrected chi connectivity index (χ2v) is 22.6. The van der Waals surface area contributed by atoms with Crippen LogP contribution >= 0.6 is 11.3 Å². The molecule has 0 radical (unpaired) electrons. The molecule has 13 heteroatoms. The van der Waals surface area contributed by atoms with Gasteiger partial charge in [0.15, 0.2) is 5.69 Å². The number of pyridine rings is 1. The molecule has 4 heterocycles. The van der Waals surface area contributed by atoms with Crippen molar-refractivity contribution >= 4 is 50.1 Å². The van der Waals surface area contributed by atoms with Gasteiger partial charge in [0, 0.05) is 42.0 Å². The van der Waals surface area contributed by atoms with E-state index in [2.05, 4.69) is 54.3 Å². The third kappa shape index (κ3) is 10.6. The van der Waals surface area contributed by atoms with Gasteiger partial charge in [-0.3, -0.25) is 10.1 Å². The summed E-state index contributed by atoms with van der Waals surface area (Å²) in [6.07, 6.45) is 25.3. The molecule has 3 aromatic heterocycles. The van der Waals surface area contributed by atoms with E-state index in [9.17, 15) is 15.3 Å². The van der Waals surface area contributed by atoms with Crippen LogP contribution in [0.3, 0.4) is 0 Å². The number of benzene rings is 1. The van der Waals surface area contributed by atoms with Crippen molar-refractivity contribution < 1.29 is 14.6 Å². The average Bonchev–Trinajstić information content (AvgIpc) is 3.95. The van der Waals surface area contributed by atoms with Gasteiger partial charge in [-0.05, 0) is 125 Å². The molecule has 5 aliphatic rings. The number of likely N-dealkylation sites (N-methyl/N-ethyl adjacent to an activating group) is 1. The summed E-state index contributed by atoms with van der Waals surface area (Å²) in [6.45, 7) is 15.4. The third-order valence-corrected chi connectivity index (χ3v) is 17.1. The Bertz CT molecular complexity index is 2440. The summed E-state index contributed by atoms with van der Waals surface area (Å²) in [4.78, 5) is 31.2. The quantitative estimate of drug-likeness (QED) is 0.0353. The number of rotatable bonds is 24. The number of anilines is 1. The van der Waals surface area contributed by atoms with Crippen LogP contribution in [0.25, 0.3) is 21.3 Å². The maximum absolute atomic E-state index is 13.0. The molecule has 5 fully saturated rings. The van der Waals surface area contributed by atoms with Crippen LogP contribution in [0.1, 0.15) is 166 Å². The number of carboxylic acid groups (broad SMARTS) is 1. The monoisotopic (exact) mass is 932 g/mol. The van der Waals surface area contributed by atoms with Crippen LogP contribution in [0.4, 0.5) is 10.9 Å². The Balaban J connectivity index is 0.885. The number of hydrogen-bond donors (Lipinski definition) is 3. The largest absolute Gasteiger partial charge is 0.476 e. The molecule has 4 unspecified atom stereocenters. The van der Waals surface area contributed by atoms with Crippen LogP contribution in [-0.4, -0.2) is 86.3 Å². The summed E-state index contributed by atoms with van der Waals surface area (Å²) in [6, 6.07) is 11.5. The predicted molar refractivity (Wildman–Crippen MR) is 274 cm³/mol. The molecule has 0 spiro atoms. The van der Waals surface area contributed by atoms with Crippen molar-refractivity contribution in [2.45, 2.75) is 169 Å². The smallest absolute Gasteiger partial charge is 0.355 e. The van der Waals surface area contributed by atoms with Crippen LogP contribution in [-0.2, 0) is 11.3 Å². The molecular weight excluding hydrogens is 855 g/mol. The standard InChI is InChI=1S/C54H77N9O3S/c1-7-8-9-10-11-12-13-14-15-16-17-20-27-61(6)29-30-66-54-34-51(4)32-52(5,35-54)53(33-51,36-54)37-63-39(3)42(31-57-63)41-25-26-45(59-46(41)49(64)65)62-28-21-22-40(48(62)56)38(2)47(55)60-50-58-43-23-18-19-24-44(43)67-50/h18-19,23-26,31,56H,7-17,20-22,27-30,32-37H2,1-6H3,(H,64,65)(H2,55,58,60)/b40-38-,56-48?. The van der Waals surface area contributed by atoms with Crippen LogP contribution in [0.2, 0.25) is 0 Å². The minimum atomic E-state index is -1.11. The first-order valence-corrected chi connectivity index (χ1v) is 26.3. The van der Waals surface area contributed by atoms with Gasteiger partial charge in [-0.15, -0.1) is 0 Å². The van der Waals surface area contributed by atoms with Crippen molar-refractivity contribution in [1.82, 2.24) is 24.6 Å². The number of para-hydroxylation sites is 1. The number of carboxylic acids is 1. The van der Waals surface area contributed by atoms with Crippen molar-refractivity contribution in [2.24, 2.45) is 27.0 Å². The van der Waals surface area contributed by atoms with E-state index in [-0.39, 0.29) is 33.4 Å². The number of piperidine rings is 1. The molecule has 1 aromatic carbocycles. The number of aliphatic imine (C=N–C) groups is 1. The fourth-order valence-corrected chi connectivity index (χ4v) is 14.0. The van der Waals surface area contributed by atoms with Gasteiger partial charge in [0.1, 0.15) is 17.5 Å². The van der Waals surface area contributed by atoms with Crippen molar-refractivity contribution in [3.05, 3.63) is 65.1 Å². The van der Waals surface area contributed by atoms with Crippen LogP contribution in [0.15, 0.2) is 58.7 Å². The number of fused-ring (bicyclic) bond motifs is 1. The highest BCUT2D eigenvalue weighted by atomic mass is 32.1. The van der Waals surface area contributed by atoms with E-state index in [0.29, 0.717) is 40.9 Å². The van der Waals surface area contributed by atoms with E-state index in [0.717, 1.165) is 85.4 Å². The molecule has 4 aromatic rings. The number of hydrogen-bond acceptors (Lipinski definition) is 9. The number of nitrogens with one attached hydrogen (secondary N) is 1. The summed E-state index contributed by atoms with van der Waals surface area (Å²) in [5, 5.41) is 25.4. The number of nitrogens with zero attached hydrogens (tertiary/aromatic N) is 7. The molecule has 0 amide bonds. The van der Waals surface area contributed by atoms with Gasteiger partial charge in [-0.1, -0.05) is 115 Å². The lowest BCUT2D eigenvalue weighted by Gasteiger charge is -2.46. The summed E-state index contributed by atoms with van der Waals surface area (Å²) < 4.78 is 10.2. The zero-order chi connectivity index (χ0) is 47.4. The molecule has 67 heavy (non-hydrogen) atoms. The highest BCUT2D eigenvalue weighted by molar-refractivity contribution is 7.22. The highest BCUT2D eigenvalue weighted by Gasteiger charge is 2.73. The second-order valence-electron chi connectivity index (χ2n) is 21.6. The normalized spacial score (nSPS) is 25.6. The Morgan fingerprint density at radius 2 is 1.64 bits per heavy atom. The molecule has 1 saturated heterocycles. The number of unbranched alkanes of at least 4 members (excludes halogenated alkanes) is 11. The maximum Gasteiger partial charge on any atom is 0.355 e. The maximum atomic E-state index is 13.0. The van der Waals surface area contributed by atoms with E-state index in [1.807, 2.05) is 49.5 Å². The highest BCUT2D eigenvalue weighted by Crippen LogP contribution is 2.78. The Kier molecular flexibility index (Phi) is 15.1. The molecule has 4 saturated carbocycles. The Labute approximate surface area is 403 Å². The van der Waals surface area contributed by atoms with E-state index in [1.165, 1.54) is 94.8 Å². The zero-order valence-corrected chi connectivity index (χ0v) is 42.2. The van der Waals surface area contributed by atoms with E-state index in [4.69, 9.17) is 20.6 Å². The molecular formula is C54H77N9O3S. The molecule has 9 rings (SSSR count). The SMILES string of the molecule is CCCCCCCCCCCCCCN(C)CCOC12CC3(C)CC(C)(C1)C(Cn1ncc(-c4ccc(N5CCC/C(=C(C)/C(N)=N/c6nc7ccccc7s6)C5=N)nc4C(=O)O)c1C)(C3)C2. The van der Waals surface area contributed by atoms with E-state index < -0.39 is 5.97 Å². The first kappa shape index (κ1) is 49.0. The van der Waals surface area contributed by atoms with E-state index >= 15 is 0 Å². The van der Waals surface area contributed by atoms with Crippen LogP contribution in [0.5, 0.6) is 0 Å². The molecule has 4 aliphatic carbocycles. The number of ether oxygens (including phenoxy) is 1. The first-order valence-electron chi connectivity index (χ1n) is 25.5. The lowest BCUT2D eigenvalue weighted by molar-refractivity contribution is -0.112. The number of aromatic carboxylic acids is 1. The number of amidine groups is 2. The fraction of sp³-hybridized carbons (Fsp3) is 0.630. The van der Waals surface area contributed by atoms with Crippen molar-refractivity contribution in [3.8, 4) is 11.1 Å². The fourth-order valence-electron chi connectivity index (χ4n) is 13.2. The summed E-state index contributed by atoms with van der Waals surface area (Å²) in [5.74, 6) is -0.133. The lowest BCUT2D eigenvalue weighted by atomic mass is 9.65. The number of aromatic nitrogens is 4. The van der Waals surface area contributed by atoms with Crippen molar-refractivity contribution in [2.75, 3.05) is 38.2 Å². The number of nitrogens with two attached hydrogens (primary N) is 1. The molecule has 12 nitrogen and oxygen atoms in total. The molecule has 4 bridgehead atoms. The first-order chi connectivity index (χ1) is 32.2. The molecule has 362 valence electrons. The predicted octanol–water partition coefficient (Wildman–Crippen LogP) is 12.5. The van der Waals surface area contributed by atoms with E-state index in [1.54, 1.807) is 4.90 Å². The summed E-state index contributed by atoms with van der Waals surface area (Å²) >= 11 is 1.47. The zero-order valence-electron chi connectivity index (χ0n) is 41.4. The van der Waals surface area contributed by atoms with Gasteiger partial charge in [0.05, 0.1) is 28.6 Å². The summed E-state index contributed by atoms with van der Waals surface area (Å²) in [5.41, 5.74) is 11.4. The Morgan fingerprint density at radius 3 is 2.36 bits per heavy atom. The minimum absolute atomic E-state index is 0.0488. The molecule has 1 aliphatic heterocycles. The Hall–Kier alpha value is -4.46. The van der Waals surface area contributed by atoms with Crippen LogP contribution in [0, 0.1) is 28.6 Å². The van der Waals surface area contributed by atoms with Crippen molar-refractivity contribution in [3.63, 3.8) is 0 Å². The Morgan fingerprint density at radius 1 is 0.925 bits per heavy atom. The van der Waals surface area contributed by atoms with Gasteiger partial charge in [0.2, 0.25) is 5.13 Å². The van der Waals surface area contributed by atoms with Gasteiger partial charge in [0.25, 0.3) is 0 Å². The topological polar surface area (TPSA) is 159 Å². The molecule has 4 N–H and O–H groups in total. The lowest BCUT2D eigenvalue weighted by Crippen LogP contribution is -2.45. The number of carbonyl (C=O) groups is 1. The van der Waals surface area contributed by atoms with Crippen molar-refractivity contribution in [1.29, 1.82) is 5.41 Å².